The van der Waals surface area contributed by atoms with Gasteiger partial charge < -0.3 is 89.9 Å². The minimum atomic E-state index is -1.96. The van der Waals surface area contributed by atoms with Gasteiger partial charge in [0, 0.05) is 6.42 Å². The van der Waals surface area contributed by atoms with E-state index in [9.17, 15) is 61.0 Å². The first-order chi connectivity index (χ1) is 27.3. The van der Waals surface area contributed by atoms with Crippen LogP contribution < -0.4 is 5.32 Å². The molecule has 336 valence electrons. The van der Waals surface area contributed by atoms with Gasteiger partial charge in [-0.2, -0.15) is 0 Å². The van der Waals surface area contributed by atoms with Crippen molar-refractivity contribution >= 4 is 5.91 Å². The van der Waals surface area contributed by atoms with E-state index in [4.69, 9.17) is 28.4 Å². The molecule has 1 amide bonds. The standard InChI is InChI=1S/C38H71NO18/c1-3-5-6-7-8-9-10-11-12-13-14-15-16-22(43)21(39-26(44)4-2)20-52-36-32(50)29(47)34(24(18-41)54-36)57-38-33(51)30(48)35(25(19-42)55-38)56-37-31(49)28(46)27(45)23(17-40)53-37/h21-25,27-38,40-43,45-51H,3-20H2,1-2H3,(H,39,44). The summed E-state index contributed by atoms with van der Waals surface area (Å²) in [7, 11) is 0. The van der Waals surface area contributed by atoms with Gasteiger partial charge in [0.15, 0.2) is 18.9 Å². The summed E-state index contributed by atoms with van der Waals surface area (Å²) >= 11 is 0. The molecule has 0 bridgehead atoms. The topological polar surface area (TPSA) is 307 Å². The van der Waals surface area contributed by atoms with Crippen molar-refractivity contribution in [1.82, 2.24) is 5.32 Å². The van der Waals surface area contributed by atoms with Gasteiger partial charge in [0.1, 0.15) is 73.2 Å². The molecule has 12 N–H and O–H groups in total. The number of amides is 1. The average Bonchev–Trinajstić information content (AvgIpc) is 3.21. The number of ether oxygens (including phenoxy) is 6. The van der Waals surface area contributed by atoms with Crippen molar-refractivity contribution in [3.63, 3.8) is 0 Å². The van der Waals surface area contributed by atoms with E-state index >= 15 is 0 Å². The second-order valence-corrected chi connectivity index (χ2v) is 15.4. The first-order valence-corrected chi connectivity index (χ1v) is 20.8. The van der Waals surface area contributed by atoms with Gasteiger partial charge in [0.05, 0.1) is 38.6 Å². The Bertz CT molecular complexity index is 1090. The molecule has 0 saturated carbocycles. The summed E-state index contributed by atoms with van der Waals surface area (Å²) in [6, 6.07) is -0.875. The molecule has 3 aliphatic heterocycles. The molecule has 0 aromatic heterocycles. The van der Waals surface area contributed by atoms with Crippen molar-refractivity contribution in [1.29, 1.82) is 0 Å². The van der Waals surface area contributed by atoms with Crippen LogP contribution in [0.3, 0.4) is 0 Å². The molecule has 3 aliphatic rings. The monoisotopic (exact) mass is 829 g/mol. The Morgan fingerprint density at radius 3 is 1.46 bits per heavy atom. The maximum Gasteiger partial charge on any atom is 0.220 e. The Morgan fingerprint density at radius 2 is 0.982 bits per heavy atom. The largest absolute Gasteiger partial charge is 0.394 e. The minimum Gasteiger partial charge on any atom is -0.394 e. The fraction of sp³-hybridized carbons (Fsp3) is 0.974. The first kappa shape index (κ1) is 50.1. The van der Waals surface area contributed by atoms with Crippen molar-refractivity contribution < 1.29 is 89.4 Å². The number of hydrogen-bond acceptors (Lipinski definition) is 18. The number of unbranched alkanes of at least 4 members (excludes halogenated alkanes) is 11. The molecule has 0 aliphatic carbocycles. The number of nitrogens with one attached hydrogen (secondary N) is 1. The molecule has 0 radical (unpaired) electrons. The second kappa shape index (κ2) is 26.2. The van der Waals surface area contributed by atoms with E-state index in [0.29, 0.717) is 6.42 Å². The van der Waals surface area contributed by atoms with E-state index in [1.165, 1.54) is 51.4 Å². The summed E-state index contributed by atoms with van der Waals surface area (Å²) in [5.41, 5.74) is 0. The van der Waals surface area contributed by atoms with Crippen molar-refractivity contribution in [2.45, 2.75) is 208 Å². The van der Waals surface area contributed by atoms with Gasteiger partial charge in [-0.25, -0.2) is 0 Å². The van der Waals surface area contributed by atoms with Gasteiger partial charge in [-0.05, 0) is 6.42 Å². The molecule has 19 heteroatoms. The third-order valence-electron chi connectivity index (χ3n) is 11.0. The van der Waals surface area contributed by atoms with Gasteiger partial charge in [-0.1, -0.05) is 90.9 Å². The number of rotatable bonds is 26. The van der Waals surface area contributed by atoms with Crippen LogP contribution in [0.25, 0.3) is 0 Å². The van der Waals surface area contributed by atoms with Gasteiger partial charge in [-0.15, -0.1) is 0 Å². The van der Waals surface area contributed by atoms with Crippen LogP contribution in [0.4, 0.5) is 0 Å². The fourth-order valence-corrected chi connectivity index (χ4v) is 7.33. The lowest BCUT2D eigenvalue weighted by Crippen LogP contribution is -2.66. The molecule has 0 aromatic rings. The lowest BCUT2D eigenvalue weighted by Gasteiger charge is -2.48. The summed E-state index contributed by atoms with van der Waals surface area (Å²) < 4.78 is 33.6. The van der Waals surface area contributed by atoms with Crippen LogP contribution in [-0.4, -0.2) is 193 Å². The van der Waals surface area contributed by atoms with Crippen LogP contribution >= 0.6 is 0 Å². The first-order valence-electron chi connectivity index (χ1n) is 20.8. The highest BCUT2D eigenvalue weighted by Gasteiger charge is 2.53. The van der Waals surface area contributed by atoms with E-state index in [2.05, 4.69) is 12.2 Å². The molecule has 17 unspecified atom stereocenters. The van der Waals surface area contributed by atoms with Crippen LogP contribution in [0.1, 0.15) is 104 Å². The average molecular weight is 830 g/mol. The summed E-state index contributed by atoms with van der Waals surface area (Å²) in [5, 5.41) is 118. The van der Waals surface area contributed by atoms with Crippen LogP contribution in [0, 0.1) is 0 Å². The third-order valence-corrected chi connectivity index (χ3v) is 11.0. The Kier molecular flexibility index (Phi) is 23.0. The maximum absolute atomic E-state index is 12.3. The van der Waals surface area contributed by atoms with E-state index in [1.54, 1.807) is 6.92 Å². The molecule has 19 nitrogen and oxygen atoms in total. The van der Waals surface area contributed by atoms with Crippen molar-refractivity contribution in [2.75, 3.05) is 26.4 Å². The molecule has 3 fully saturated rings. The summed E-state index contributed by atoms with van der Waals surface area (Å²) in [6.45, 7) is 1.16. The molecular weight excluding hydrogens is 758 g/mol. The van der Waals surface area contributed by atoms with Crippen molar-refractivity contribution in [3.05, 3.63) is 0 Å². The Labute approximate surface area is 334 Å². The number of carbonyl (C=O) groups is 1. The minimum absolute atomic E-state index is 0.149. The zero-order valence-corrected chi connectivity index (χ0v) is 33.3. The molecule has 0 spiro atoms. The van der Waals surface area contributed by atoms with Crippen molar-refractivity contribution in [3.8, 4) is 0 Å². The Balaban J connectivity index is 1.53. The lowest BCUT2D eigenvalue weighted by atomic mass is 9.96. The molecule has 0 aromatic carbocycles. The van der Waals surface area contributed by atoms with Gasteiger partial charge in [0.25, 0.3) is 0 Å². The second-order valence-electron chi connectivity index (χ2n) is 15.4. The van der Waals surface area contributed by atoms with Crippen LogP contribution in [-0.2, 0) is 33.2 Å². The van der Waals surface area contributed by atoms with E-state index in [1.807, 2.05) is 0 Å². The zero-order valence-electron chi connectivity index (χ0n) is 33.3. The van der Waals surface area contributed by atoms with E-state index < -0.39 is 124 Å². The zero-order chi connectivity index (χ0) is 42.1. The highest BCUT2D eigenvalue weighted by Crippen LogP contribution is 2.33. The SMILES string of the molecule is CCCCCCCCCCCCCCC(O)C(COC1OC(CO)C(OC2OC(CO)C(OC3OC(CO)C(O)C(O)C3O)C(O)C2O)C(O)C1O)NC(=O)CC. The summed E-state index contributed by atoms with van der Waals surface area (Å²) in [4.78, 5) is 12.3. The quantitative estimate of drug-likeness (QED) is 0.0412. The number of carbonyl (C=O) groups excluding carboxylic acids is 1. The predicted molar refractivity (Wildman–Crippen MR) is 199 cm³/mol. The van der Waals surface area contributed by atoms with Crippen LogP contribution in [0.15, 0.2) is 0 Å². The van der Waals surface area contributed by atoms with Crippen LogP contribution in [0.2, 0.25) is 0 Å². The molecule has 3 rings (SSSR count). The van der Waals surface area contributed by atoms with E-state index in [0.717, 1.165) is 25.7 Å². The third kappa shape index (κ3) is 14.7. The molecule has 17 atom stereocenters. The fourth-order valence-electron chi connectivity index (χ4n) is 7.33. The molecule has 3 saturated heterocycles. The highest BCUT2D eigenvalue weighted by molar-refractivity contribution is 5.75. The highest BCUT2D eigenvalue weighted by atomic mass is 16.8. The number of aliphatic hydroxyl groups is 11. The maximum atomic E-state index is 12.3. The summed E-state index contributed by atoms with van der Waals surface area (Å²) in [6.07, 6.45) is -12.0. The number of hydrogen-bond donors (Lipinski definition) is 12. The summed E-state index contributed by atoms with van der Waals surface area (Å²) in [5.74, 6) is -0.334. The van der Waals surface area contributed by atoms with Gasteiger partial charge in [-0.3, -0.25) is 4.79 Å². The van der Waals surface area contributed by atoms with Crippen LogP contribution in [0.5, 0.6) is 0 Å². The van der Waals surface area contributed by atoms with E-state index in [-0.39, 0.29) is 18.9 Å². The van der Waals surface area contributed by atoms with Gasteiger partial charge >= 0.3 is 0 Å². The smallest absolute Gasteiger partial charge is 0.220 e. The number of aliphatic hydroxyl groups excluding tert-OH is 11. The van der Waals surface area contributed by atoms with Crippen molar-refractivity contribution in [2.24, 2.45) is 0 Å². The lowest BCUT2D eigenvalue weighted by molar-refractivity contribution is -0.379. The predicted octanol–water partition coefficient (Wildman–Crippen LogP) is -2.20. The van der Waals surface area contributed by atoms with Gasteiger partial charge in [0.2, 0.25) is 5.91 Å². The molecule has 57 heavy (non-hydrogen) atoms. The Morgan fingerprint density at radius 1 is 0.561 bits per heavy atom. The Hall–Kier alpha value is -1.21. The molecular formula is C38H71NO18. The molecule has 3 heterocycles. The normalized spacial score (nSPS) is 37.2.